The minimum absolute atomic E-state index is 0.608. The van der Waals surface area contributed by atoms with E-state index in [9.17, 15) is 0 Å². The zero-order valence-corrected chi connectivity index (χ0v) is 22.0. The van der Waals surface area contributed by atoms with Crippen molar-refractivity contribution in [1.29, 1.82) is 0 Å². The van der Waals surface area contributed by atoms with Gasteiger partial charge in [0, 0.05) is 50.4 Å². The zero-order valence-electron chi connectivity index (χ0n) is 21.3. The van der Waals surface area contributed by atoms with Gasteiger partial charge in [-0.2, -0.15) is 0 Å². The van der Waals surface area contributed by atoms with E-state index in [-0.39, 0.29) is 0 Å². The minimum Gasteiger partial charge on any atom is -0.497 e. The van der Waals surface area contributed by atoms with Gasteiger partial charge in [0.15, 0.2) is 0 Å². The third kappa shape index (κ3) is 10.1. The van der Waals surface area contributed by atoms with E-state index in [1.807, 2.05) is 60.7 Å². The number of piperazine rings is 1. The molecule has 0 atom stereocenters. The molecule has 0 spiro atoms. The highest BCUT2D eigenvalue weighted by Gasteiger charge is 2.09. The van der Waals surface area contributed by atoms with Crippen molar-refractivity contribution in [2.75, 3.05) is 58.5 Å². The van der Waals surface area contributed by atoms with E-state index < -0.39 is 0 Å². The Kier molecular flexibility index (Phi) is 12.4. The molecular weight excluding hydrogens is 476 g/mol. The maximum Gasteiger partial charge on any atom is 0.119 e. The molecule has 4 rings (SSSR count). The largest absolute Gasteiger partial charge is 0.497 e. The second kappa shape index (κ2) is 16.1. The van der Waals surface area contributed by atoms with Crippen LogP contribution in [0.4, 0.5) is 5.69 Å². The molecule has 194 valence electrons. The van der Waals surface area contributed by atoms with Crippen LogP contribution in [-0.2, 0) is 22.7 Å². The molecule has 1 N–H and O–H groups in total. The number of rotatable bonds is 11. The number of hydrogen-bond acceptors (Lipinski definition) is 6. The van der Waals surface area contributed by atoms with Gasteiger partial charge in [-0.1, -0.05) is 35.9 Å². The van der Waals surface area contributed by atoms with E-state index >= 15 is 0 Å². The van der Waals surface area contributed by atoms with Gasteiger partial charge in [0.05, 0.1) is 33.5 Å². The highest BCUT2D eigenvalue weighted by atomic mass is 35.5. The van der Waals surface area contributed by atoms with E-state index in [0.717, 1.165) is 60.2 Å². The first-order valence-electron chi connectivity index (χ1n) is 12.3. The number of halogens is 1. The molecule has 6 nitrogen and oxygen atoms in total. The van der Waals surface area contributed by atoms with Crippen LogP contribution in [0.25, 0.3) is 0 Å². The second-order valence-corrected chi connectivity index (χ2v) is 8.83. The summed E-state index contributed by atoms with van der Waals surface area (Å²) >= 11 is 5.86. The molecule has 1 saturated heterocycles. The summed E-state index contributed by atoms with van der Waals surface area (Å²) < 4.78 is 21.4. The summed E-state index contributed by atoms with van der Waals surface area (Å²) in [6.45, 7) is 6.83. The van der Waals surface area contributed by atoms with Gasteiger partial charge in [-0.3, -0.25) is 0 Å². The van der Waals surface area contributed by atoms with Crippen molar-refractivity contribution in [2.24, 2.45) is 0 Å². The van der Waals surface area contributed by atoms with Crippen LogP contribution in [0.15, 0.2) is 72.8 Å². The van der Waals surface area contributed by atoms with Gasteiger partial charge < -0.3 is 29.2 Å². The molecule has 3 aromatic rings. The molecule has 1 aliphatic heterocycles. The fraction of sp³-hybridized carbons (Fsp3) is 0.379. The third-order valence-corrected chi connectivity index (χ3v) is 5.92. The molecule has 7 heteroatoms. The van der Waals surface area contributed by atoms with Gasteiger partial charge in [0.2, 0.25) is 0 Å². The van der Waals surface area contributed by atoms with Crippen molar-refractivity contribution in [1.82, 2.24) is 5.32 Å². The predicted octanol–water partition coefficient (Wildman–Crippen LogP) is 5.58. The molecule has 1 heterocycles. The Morgan fingerprint density at radius 2 is 1.36 bits per heavy atom. The fourth-order valence-corrected chi connectivity index (χ4v) is 3.81. The van der Waals surface area contributed by atoms with Crippen LogP contribution in [0, 0.1) is 0 Å². The number of nitrogens with zero attached hydrogens (tertiary/aromatic N) is 1. The molecule has 0 aromatic heterocycles. The lowest BCUT2D eigenvalue weighted by molar-refractivity contribution is 0.107. The Balaban J connectivity index is 0.000000275. The zero-order chi connectivity index (χ0) is 25.4. The quantitative estimate of drug-likeness (QED) is 0.339. The van der Waals surface area contributed by atoms with Crippen LogP contribution < -0.4 is 19.7 Å². The highest BCUT2D eigenvalue weighted by Crippen LogP contribution is 2.20. The Morgan fingerprint density at radius 3 is 2.00 bits per heavy atom. The van der Waals surface area contributed by atoms with Crippen molar-refractivity contribution in [3.63, 3.8) is 0 Å². The molecule has 1 aliphatic rings. The van der Waals surface area contributed by atoms with E-state index in [2.05, 4.69) is 22.3 Å². The summed E-state index contributed by atoms with van der Waals surface area (Å²) in [5.74, 6) is 1.79. The Labute approximate surface area is 220 Å². The lowest BCUT2D eigenvalue weighted by atomic mass is 10.2. The maximum absolute atomic E-state index is 5.86. The Hall–Kier alpha value is -2.77. The van der Waals surface area contributed by atoms with Crippen LogP contribution in [0.5, 0.6) is 11.5 Å². The van der Waals surface area contributed by atoms with Crippen molar-refractivity contribution in [2.45, 2.75) is 19.6 Å². The summed E-state index contributed by atoms with van der Waals surface area (Å²) in [5.41, 5.74) is 3.56. The van der Waals surface area contributed by atoms with Gasteiger partial charge in [-0.05, 0) is 59.7 Å². The maximum atomic E-state index is 5.86. The summed E-state index contributed by atoms with van der Waals surface area (Å²) in [5, 5.41) is 4.12. The lowest BCUT2D eigenvalue weighted by Gasteiger charge is -2.29. The van der Waals surface area contributed by atoms with Crippen LogP contribution >= 0.6 is 11.6 Å². The average Bonchev–Trinajstić information content (AvgIpc) is 2.93. The molecule has 0 aliphatic carbocycles. The van der Waals surface area contributed by atoms with E-state index in [4.69, 9.17) is 30.5 Å². The second-order valence-electron chi connectivity index (χ2n) is 8.39. The van der Waals surface area contributed by atoms with Crippen LogP contribution in [0.1, 0.15) is 17.5 Å². The van der Waals surface area contributed by atoms with Gasteiger partial charge >= 0.3 is 0 Å². The molecule has 1 fully saturated rings. The van der Waals surface area contributed by atoms with Gasteiger partial charge in [0.1, 0.15) is 11.5 Å². The van der Waals surface area contributed by atoms with Crippen molar-refractivity contribution in [3.05, 3.63) is 88.9 Å². The number of ether oxygens (including phenoxy) is 4. The first-order chi connectivity index (χ1) is 17.7. The summed E-state index contributed by atoms with van der Waals surface area (Å²) in [4.78, 5) is 2.39. The summed E-state index contributed by atoms with van der Waals surface area (Å²) in [7, 11) is 3.34. The minimum atomic E-state index is 0.608. The molecule has 0 bridgehead atoms. The molecule has 0 radical (unpaired) electrons. The summed E-state index contributed by atoms with van der Waals surface area (Å²) in [6.07, 6.45) is 0.868. The average molecular weight is 513 g/mol. The Bertz CT molecular complexity index is 976. The van der Waals surface area contributed by atoms with E-state index in [1.54, 1.807) is 14.2 Å². The number of anilines is 1. The normalized spacial score (nSPS) is 13.0. The lowest BCUT2D eigenvalue weighted by Crippen LogP contribution is -2.43. The molecule has 36 heavy (non-hydrogen) atoms. The van der Waals surface area contributed by atoms with Gasteiger partial charge in [-0.25, -0.2) is 0 Å². The predicted molar refractivity (Wildman–Crippen MR) is 146 cm³/mol. The van der Waals surface area contributed by atoms with E-state index in [1.165, 1.54) is 5.69 Å². The van der Waals surface area contributed by atoms with Crippen molar-refractivity contribution in [3.8, 4) is 11.5 Å². The number of methoxy groups -OCH3 is 2. The van der Waals surface area contributed by atoms with Gasteiger partial charge in [-0.15, -0.1) is 0 Å². The molecule has 0 saturated carbocycles. The molecule has 0 unspecified atom stereocenters. The monoisotopic (exact) mass is 512 g/mol. The fourth-order valence-electron chi connectivity index (χ4n) is 3.69. The first kappa shape index (κ1) is 27.8. The van der Waals surface area contributed by atoms with Crippen LogP contribution in [0.3, 0.4) is 0 Å². The molecular formula is C29H37ClN2O4. The topological polar surface area (TPSA) is 52.2 Å². The number of benzene rings is 3. The van der Waals surface area contributed by atoms with Crippen LogP contribution in [0.2, 0.25) is 5.02 Å². The standard InChI is InChI=1S/C20H25ClN2O2.C9H12O2/c21-18-4-2-17(3-5-18)16-24-14-1-15-25-20-8-6-19(7-9-20)23-12-10-22-11-13-23;1-10-7-8-3-5-9(11-2)6-4-8/h2-9,22H,1,10-16H2;3-6H,7H2,1-2H3. The summed E-state index contributed by atoms with van der Waals surface area (Å²) in [6, 6.07) is 23.9. The highest BCUT2D eigenvalue weighted by molar-refractivity contribution is 6.30. The van der Waals surface area contributed by atoms with Crippen LogP contribution in [-0.4, -0.2) is 53.6 Å². The first-order valence-corrected chi connectivity index (χ1v) is 12.7. The van der Waals surface area contributed by atoms with E-state index in [0.29, 0.717) is 26.4 Å². The molecule has 0 amide bonds. The number of hydrogen-bond donors (Lipinski definition) is 1. The van der Waals surface area contributed by atoms with Gasteiger partial charge in [0.25, 0.3) is 0 Å². The SMILES string of the molecule is COCc1ccc(OC)cc1.Clc1ccc(COCCCOc2ccc(N3CCNCC3)cc2)cc1. The third-order valence-electron chi connectivity index (χ3n) is 5.67. The molecule has 3 aromatic carbocycles. The number of nitrogens with one attached hydrogen (secondary N) is 1. The van der Waals surface area contributed by atoms with Crippen molar-refractivity contribution < 1.29 is 18.9 Å². The van der Waals surface area contributed by atoms with Crippen molar-refractivity contribution >= 4 is 17.3 Å². The smallest absolute Gasteiger partial charge is 0.119 e. The Morgan fingerprint density at radius 1 is 0.750 bits per heavy atom.